The Morgan fingerprint density at radius 2 is 2.27 bits per heavy atom. The molecule has 8 nitrogen and oxygen atoms in total. The van der Waals surface area contributed by atoms with E-state index in [-0.39, 0.29) is 30.8 Å². The van der Waals surface area contributed by atoms with Crippen LogP contribution in [0.3, 0.4) is 0 Å². The first-order chi connectivity index (χ1) is 10.5. The Kier molecular flexibility index (Phi) is 5.35. The van der Waals surface area contributed by atoms with Crippen molar-refractivity contribution in [3.8, 4) is 0 Å². The number of aliphatic carboxylic acids is 1. The van der Waals surface area contributed by atoms with Crippen LogP contribution < -0.4 is 5.32 Å². The molecule has 1 aliphatic rings. The maximum atomic E-state index is 12.0. The second-order valence-electron chi connectivity index (χ2n) is 5.81. The quantitative estimate of drug-likeness (QED) is 0.854. The van der Waals surface area contributed by atoms with E-state index in [1.54, 1.807) is 4.90 Å². The number of piperidine rings is 1. The van der Waals surface area contributed by atoms with E-state index in [9.17, 15) is 9.59 Å². The van der Waals surface area contributed by atoms with Crippen molar-refractivity contribution in [2.75, 3.05) is 19.6 Å². The van der Waals surface area contributed by atoms with Crippen LogP contribution in [-0.4, -0.2) is 51.8 Å². The summed E-state index contributed by atoms with van der Waals surface area (Å²) in [6.45, 7) is 5.29. The van der Waals surface area contributed by atoms with Crippen LogP contribution in [0.4, 0.5) is 4.79 Å². The number of urea groups is 1. The molecule has 2 N–H and O–H groups in total. The standard InChI is InChI=1S/C14H22N4O4/c1-9(2)13-16-12(17-22-13)10-4-3-7-18(8-10)14(21)15-6-5-11(19)20/h9-10H,3-8H2,1-2H3,(H,15,21)(H,19,20). The van der Waals surface area contributed by atoms with Gasteiger partial charge in [0.1, 0.15) is 0 Å². The molecule has 0 spiro atoms. The number of rotatable bonds is 5. The number of aromatic nitrogens is 2. The average Bonchev–Trinajstić information content (AvgIpc) is 2.97. The Labute approximate surface area is 128 Å². The fourth-order valence-corrected chi connectivity index (χ4v) is 2.41. The van der Waals surface area contributed by atoms with Gasteiger partial charge in [-0.05, 0) is 12.8 Å². The van der Waals surface area contributed by atoms with Gasteiger partial charge in [0.25, 0.3) is 0 Å². The highest BCUT2D eigenvalue weighted by atomic mass is 16.5. The molecule has 1 aromatic heterocycles. The molecular weight excluding hydrogens is 288 g/mol. The van der Waals surface area contributed by atoms with Gasteiger partial charge in [-0.1, -0.05) is 19.0 Å². The number of carboxylic acid groups (broad SMARTS) is 1. The minimum absolute atomic E-state index is 0.0650. The molecule has 22 heavy (non-hydrogen) atoms. The van der Waals surface area contributed by atoms with Crippen LogP contribution in [0, 0.1) is 0 Å². The van der Waals surface area contributed by atoms with Crippen LogP contribution in [-0.2, 0) is 4.79 Å². The summed E-state index contributed by atoms with van der Waals surface area (Å²) in [5.74, 6) is 0.574. The molecule has 0 aliphatic carbocycles. The van der Waals surface area contributed by atoms with Crippen molar-refractivity contribution >= 4 is 12.0 Å². The normalized spacial score (nSPS) is 18.5. The maximum Gasteiger partial charge on any atom is 0.317 e. The second-order valence-corrected chi connectivity index (χ2v) is 5.81. The van der Waals surface area contributed by atoms with E-state index in [1.165, 1.54) is 0 Å². The monoisotopic (exact) mass is 310 g/mol. The zero-order valence-corrected chi connectivity index (χ0v) is 12.9. The van der Waals surface area contributed by atoms with Crippen molar-refractivity contribution in [1.29, 1.82) is 0 Å². The predicted octanol–water partition coefficient (Wildman–Crippen LogP) is 1.56. The third kappa shape index (κ3) is 4.19. The fourth-order valence-electron chi connectivity index (χ4n) is 2.41. The van der Waals surface area contributed by atoms with Gasteiger partial charge < -0.3 is 19.8 Å². The molecule has 1 saturated heterocycles. The molecule has 0 aromatic carbocycles. The molecule has 1 aromatic rings. The minimum atomic E-state index is -0.926. The van der Waals surface area contributed by atoms with Gasteiger partial charge in [-0.15, -0.1) is 0 Å². The number of hydrogen-bond donors (Lipinski definition) is 2. The molecule has 2 amide bonds. The summed E-state index contributed by atoms with van der Waals surface area (Å²) in [6, 6.07) is -0.237. The van der Waals surface area contributed by atoms with Crippen molar-refractivity contribution in [3.05, 3.63) is 11.7 Å². The number of carboxylic acids is 1. The largest absolute Gasteiger partial charge is 0.481 e. The molecule has 2 heterocycles. The lowest BCUT2D eigenvalue weighted by atomic mass is 9.97. The topological polar surface area (TPSA) is 109 Å². The molecule has 0 bridgehead atoms. The molecular formula is C14H22N4O4. The Balaban J connectivity index is 1.90. The molecule has 1 unspecified atom stereocenters. The van der Waals surface area contributed by atoms with Crippen LogP contribution in [0.5, 0.6) is 0 Å². The van der Waals surface area contributed by atoms with Gasteiger partial charge in [-0.3, -0.25) is 4.79 Å². The Morgan fingerprint density at radius 3 is 2.91 bits per heavy atom. The van der Waals surface area contributed by atoms with Gasteiger partial charge in [0.05, 0.1) is 6.42 Å². The fraction of sp³-hybridized carbons (Fsp3) is 0.714. The SMILES string of the molecule is CC(C)c1nc(C2CCCN(C(=O)NCCC(=O)O)C2)no1. The third-order valence-corrected chi connectivity index (χ3v) is 3.64. The van der Waals surface area contributed by atoms with Crippen molar-refractivity contribution in [1.82, 2.24) is 20.4 Å². The van der Waals surface area contributed by atoms with Gasteiger partial charge in [0, 0.05) is 31.5 Å². The summed E-state index contributed by atoms with van der Waals surface area (Å²) in [6.07, 6.45) is 1.70. The number of amides is 2. The molecule has 2 rings (SSSR count). The highest BCUT2D eigenvalue weighted by Gasteiger charge is 2.28. The van der Waals surface area contributed by atoms with E-state index >= 15 is 0 Å². The molecule has 0 saturated carbocycles. The van der Waals surface area contributed by atoms with Gasteiger partial charge >= 0.3 is 12.0 Å². The number of nitrogens with one attached hydrogen (secondary N) is 1. The summed E-state index contributed by atoms with van der Waals surface area (Å²) in [5, 5.41) is 15.2. The van der Waals surface area contributed by atoms with Gasteiger partial charge in [-0.2, -0.15) is 4.98 Å². The number of carbonyl (C=O) groups is 2. The van der Waals surface area contributed by atoms with E-state index in [2.05, 4.69) is 15.5 Å². The van der Waals surface area contributed by atoms with Crippen molar-refractivity contribution in [2.24, 2.45) is 0 Å². The van der Waals surface area contributed by atoms with E-state index in [0.717, 1.165) is 12.8 Å². The number of carbonyl (C=O) groups excluding carboxylic acids is 1. The zero-order valence-electron chi connectivity index (χ0n) is 12.9. The molecule has 8 heteroatoms. The Bertz CT molecular complexity index is 529. The molecule has 122 valence electrons. The predicted molar refractivity (Wildman–Crippen MR) is 77.6 cm³/mol. The highest BCUT2D eigenvalue weighted by molar-refractivity contribution is 5.75. The smallest absolute Gasteiger partial charge is 0.317 e. The molecule has 1 atom stereocenters. The van der Waals surface area contributed by atoms with Crippen LogP contribution >= 0.6 is 0 Å². The lowest BCUT2D eigenvalue weighted by Gasteiger charge is -2.31. The van der Waals surface area contributed by atoms with Crippen molar-refractivity contribution in [3.63, 3.8) is 0 Å². The Morgan fingerprint density at radius 1 is 1.50 bits per heavy atom. The summed E-state index contributed by atoms with van der Waals surface area (Å²) in [4.78, 5) is 28.6. The summed E-state index contributed by atoms with van der Waals surface area (Å²) in [5.41, 5.74) is 0. The average molecular weight is 310 g/mol. The lowest BCUT2D eigenvalue weighted by Crippen LogP contribution is -2.45. The van der Waals surface area contributed by atoms with Crippen LogP contribution in [0.15, 0.2) is 4.52 Å². The van der Waals surface area contributed by atoms with Crippen molar-refractivity contribution in [2.45, 2.75) is 44.9 Å². The first-order valence-electron chi connectivity index (χ1n) is 7.55. The van der Waals surface area contributed by atoms with E-state index in [4.69, 9.17) is 9.63 Å². The van der Waals surface area contributed by atoms with Gasteiger partial charge in [-0.25, -0.2) is 4.79 Å². The molecule has 1 aliphatic heterocycles. The van der Waals surface area contributed by atoms with Crippen LogP contribution in [0.2, 0.25) is 0 Å². The lowest BCUT2D eigenvalue weighted by molar-refractivity contribution is -0.136. The van der Waals surface area contributed by atoms with Crippen LogP contribution in [0.1, 0.15) is 56.7 Å². The minimum Gasteiger partial charge on any atom is -0.481 e. The van der Waals surface area contributed by atoms with Gasteiger partial charge in [0.2, 0.25) is 5.89 Å². The number of nitrogens with zero attached hydrogens (tertiary/aromatic N) is 3. The molecule has 0 radical (unpaired) electrons. The van der Waals surface area contributed by atoms with Crippen molar-refractivity contribution < 1.29 is 19.2 Å². The first kappa shape index (κ1) is 16.3. The van der Waals surface area contributed by atoms with E-state index < -0.39 is 5.97 Å². The van der Waals surface area contributed by atoms with Crippen LogP contribution in [0.25, 0.3) is 0 Å². The summed E-state index contributed by atoms with van der Waals surface area (Å²) in [7, 11) is 0. The second kappa shape index (κ2) is 7.24. The van der Waals surface area contributed by atoms with E-state index in [0.29, 0.717) is 24.8 Å². The number of hydrogen-bond acceptors (Lipinski definition) is 5. The third-order valence-electron chi connectivity index (χ3n) is 3.64. The number of likely N-dealkylation sites (tertiary alicyclic amines) is 1. The van der Waals surface area contributed by atoms with E-state index in [1.807, 2.05) is 13.8 Å². The summed E-state index contributed by atoms with van der Waals surface area (Å²) < 4.78 is 5.22. The first-order valence-corrected chi connectivity index (χ1v) is 7.55. The van der Waals surface area contributed by atoms with Gasteiger partial charge in [0.15, 0.2) is 5.82 Å². The maximum absolute atomic E-state index is 12.0. The Hall–Kier alpha value is -2.12. The highest BCUT2D eigenvalue weighted by Crippen LogP contribution is 2.26. The molecule has 1 fully saturated rings. The summed E-state index contributed by atoms with van der Waals surface area (Å²) >= 11 is 0. The zero-order chi connectivity index (χ0) is 16.1.